The van der Waals surface area contributed by atoms with Crippen LogP contribution in [0.15, 0.2) is 28.1 Å². The molecule has 0 spiro atoms. The number of carbonyl (C=O) groups is 1. The van der Waals surface area contributed by atoms with Crippen LogP contribution < -0.4 is 4.80 Å². The monoisotopic (exact) mass is 392 g/mol. The predicted molar refractivity (Wildman–Crippen MR) is 106 cm³/mol. The molecule has 5 nitrogen and oxygen atoms in total. The first-order chi connectivity index (χ1) is 12.3. The van der Waals surface area contributed by atoms with E-state index in [-0.39, 0.29) is 23.3 Å². The molecule has 0 bridgehead atoms. The van der Waals surface area contributed by atoms with E-state index in [1.807, 2.05) is 0 Å². The van der Waals surface area contributed by atoms with Gasteiger partial charge in [-0.3, -0.25) is 4.79 Å². The van der Waals surface area contributed by atoms with Crippen LogP contribution in [0.2, 0.25) is 0 Å². The Morgan fingerprint density at radius 3 is 2.50 bits per heavy atom. The van der Waals surface area contributed by atoms with Gasteiger partial charge in [-0.15, -0.1) is 6.42 Å². The first-order valence-electron chi connectivity index (χ1n) is 8.67. The molecule has 1 aromatic heterocycles. The minimum Gasteiger partial charge on any atom is -0.305 e. The van der Waals surface area contributed by atoms with Crippen LogP contribution in [-0.4, -0.2) is 25.1 Å². The quantitative estimate of drug-likeness (QED) is 0.678. The molecule has 0 atom stereocenters. The highest BCUT2D eigenvalue weighted by Crippen LogP contribution is 2.22. The molecule has 26 heavy (non-hydrogen) atoms. The van der Waals surface area contributed by atoms with Gasteiger partial charge >= 0.3 is 0 Å². The molecular weight excluding hydrogens is 368 g/mol. The van der Waals surface area contributed by atoms with E-state index in [0.29, 0.717) is 4.80 Å². The van der Waals surface area contributed by atoms with Crippen LogP contribution in [0.25, 0.3) is 10.2 Å². The molecule has 0 fully saturated rings. The van der Waals surface area contributed by atoms with Crippen molar-refractivity contribution in [3.05, 3.63) is 23.0 Å². The number of thiazole rings is 1. The molecule has 1 heterocycles. The molecule has 0 aliphatic heterocycles. The molecule has 0 saturated heterocycles. The summed E-state index contributed by atoms with van der Waals surface area (Å²) in [6.45, 7) is 4.39. The molecule has 2 aromatic rings. The number of fused-ring (bicyclic) bond motifs is 1. The summed E-state index contributed by atoms with van der Waals surface area (Å²) in [6, 6.07) is 4.89. The highest BCUT2D eigenvalue weighted by atomic mass is 32.2. The standard InChI is InChI=1S/C19H24N2O3S2/c1-5-8-14(9-6-2)18(22)20-19-21(12-7-3)16-11-10-15(26(4,23)24)13-17(16)25-19/h3,10-11,13-14H,5-6,8-9,12H2,1-2,4H3. The zero-order valence-corrected chi connectivity index (χ0v) is 17.0. The van der Waals surface area contributed by atoms with Gasteiger partial charge in [0, 0.05) is 12.2 Å². The Hall–Kier alpha value is -1.91. The van der Waals surface area contributed by atoms with Crippen molar-refractivity contribution in [2.75, 3.05) is 6.26 Å². The fourth-order valence-electron chi connectivity index (χ4n) is 2.89. The van der Waals surface area contributed by atoms with Crippen molar-refractivity contribution < 1.29 is 13.2 Å². The molecule has 0 aliphatic carbocycles. The van der Waals surface area contributed by atoms with Crippen LogP contribution in [0, 0.1) is 18.3 Å². The molecule has 0 saturated carbocycles. The molecule has 0 radical (unpaired) electrons. The largest absolute Gasteiger partial charge is 0.305 e. The maximum atomic E-state index is 12.6. The summed E-state index contributed by atoms with van der Waals surface area (Å²) in [7, 11) is -3.30. The lowest BCUT2D eigenvalue weighted by Gasteiger charge is -2.10. The lowest BCUT2D eigenvalue weighted by Crippen LogP contribution is -2.20. The van der Waals surface area contributed by atoms with Crippen molar-refractivity contribution >= 4 is 37.3 Å². The van der Waals surface area contributed by atoms with Crippen molar-refractivity contribution in [1.82, 2.24) is 4.57 Å². The fourth-order valence-corrected chi connectivity index (χ4v) is 4.68. The predicted octanol–water partition coefficient (Wildman–Crippen LogP) is 3.38. The van der Waals surface area contributed by atoms with Crippen LogP contribution in [0.5, 0.6) is 0 Å². The second-order valence-corrected chi connectivity index (χ2v) is 9.33. The topological polar surface area (TPSA) is 68.5 Å². The molecule has 7 heteroatoms. The van der Waals surface area contributed by atoms with E-state index in [2.05, 4.69) is 24.8 Å². The lowest BCUT2D eigenvalue weighted by atomic mass is 9.98. The molecule has 140 valence electrons. The SMILES string of the molecule is C#CCn1c(=NC(=O)C(CCC)CCC)sc2cc(S(C)(=O)=O)ccc21. The Labute approximate surface area is 158 Å². The summed E-state index contributed by atoms with van der Waals surface area (Å²) in [4.78, 5) is 17.7. The van der Waals surface area contributed by atoms with Gasteiger partial charge < -0.3 is 4.57 Å². The molecular formula is C19H24N2O3S2. The summed E-state index contributed by atoms with van der Waals surface area (Å²) in [6.07, 6.45) is 10.1. The van der Waals surface area contributed by atoms with Gasteiger partial charge in [0.2, 0.25) is 0 Å². The Kier molecular flexibility index (Phi) is 6.79. The second kappa shape index (κ2) is 8.65. The highest BCUT2D eigenvalue weighted by Gasteiger charge is 2.17. The van der Waals surface area contributed by atoms with Gasteiger partial charge in [-0.05, 0) is 31.0 Å². The average Bonchev–Trinajstić information content (AvgIpc) is 2.91. The van der Waals surface area contributed by atoms with Crippen molar-refractivity contribution in [1.29, 1.82) is 0 Å². The summed E-state index contributed by atoms with van der Waals surface area (Å²) in [5, 5.41) is 0. The number of terminal acetylenes is 1. The van der Waals surface area contributed by atoms with Crippen LogP contribution >= 0.6 is 11.3 Å². The van der Waals surface area contributed by atoms with Crippen LogP contribution in [0.3, 0.4) is 0 Å². The Bertz CT molecular complexity index is 1000. The zero-order valence-electron chi connectivity index (χ0n) is 15.4. The van der Waals surface area contributed by atoms with Crippen molar-refractivity contribution in [3.8, 4) is 12.3 Å². The van der Waals surface area contributed by atoms with E-state index in [0.717, 1.165) is 35.9 Å². The Morgan fingerprint density at radius 1 is 1.31 bits per heavy atom. The number of aromatic nitrogens is 1. The molecule has 2 rings (SSSR count). The highest BCUT2D eigenvalue weighted by molar-refractivity contribution is 7.90. The zero-order chi connectivity index (χ0) is 19.3. The van der Waals surface area contributed by atoms with Crippen molar-refractivity contribution in [2.45, 2.75) is 51.0 Å². The van der Waals surface area contributed by atoms with Crippen LogP contribution in [0.1, 0.15) is 39.5 Å². The van der Waals surface area contributed by atoms with Crippen molar-refractivity contribution in [2.24, 2.45) is 10.9 Å². The summed E-state index contributed by atoms with van der Waals surface area (Å²) >= 11 is 1.29. The molecule has 1 aromatic carbocycles. The maximum absolute atomic E-state index is 12.6. The van der Waals surface area contributed by atoms with Gasteiger partial charge in [-0.2, -0.15) is 4.99 Å². The third kappa shape index (κ3) is 4.63. The van der Waals surface area contributed by atoms with E-state index in [9.17, 15) is 13.2 Å². The smallest absolute Gasteiger partial charge is 0.251 e. The number of nitrogens with zero attached hydrogens (tertiary/aromatic N) is 2. The van der Waals surface area contributed by atoms with Gasteiger partial charge in [-0.25, -0.2) is 8.42 Å². The molecule has 0 unspecified atom stereocenters. The van der Waals surface area contributed by atoms with Crippen LogP contribution in [0.4, 0.5) is 0 Å². The summed E-state index contributed by atoms with van der Waals surface area (Å²) in [5.74, 6) is 2.37. The normalized spacial score (nSPS) is 12.7. The number of hydrogen-bond acceptors (Lipinski definition) is 4. The molecule has 0 aliphatic rings. The fraction of sp³-hybridized carbons (Fsp3) is 0.474. The Balaban J connectivity index is 2.59. The first kappa shape index (κ1) is 20.4. The number of carbonyl (C=O) groups excluding carboxylic acids is 1. The van der Waals surface area contributed by atoms with Gasteiger partial charge in [0.05, 0.1) is 21.7 Å². The second-order valence-electron chi connectivity index (χ2n) is 6.30. The average molecular weight is 393 g/mol. The van der Waals surface area contributed by atoms with Crippen molar-refractivity contribution in [3.63, 3.8) is 0 Å². The summed E-state index contributed by atoms with van der Waals surface area (Å²) < 4.78 is 26.1. The maximum Gasteiger partial charge on any atom is 0.251 e. The first-order valence-corrected chi connectivity index (χ1v) is 11.4. The Morgan fingerprint density at radius 2 is 1.96 bits per heavy atom. The van der Waals surface area contributed by atoms with E-state index < -0.39 is 9.84 Å². The number of sulfone groups is 1. The van der Waals surface area contributed by atoms with Crippen LogP contribution in [-0.2, 0) is 21.2 Å². The minimum atomic E-state index is -3.30. The number of rotatable bonds is 7. The lowest BCUT2D eigenvalue weighted by molar-refractivity contribution is -0.122. The molecule has 0 N–H and O–H groups in total. The van der Waals surface area contributed by atoms with E-state index in [4.69, 9.17) is 6.42 Å². The van der Waals surface area contributed by atoms with Gasteiger partial charge in [0.25, 0.3) is 5.91 Å². The van der Waals surface area contributed by atoms with E-state index >= 15 is 0 Å². The molecule has 1 amide bonds. The van der Waals surface area contributed by atoms with E-state index in [1.54, 1.807) is 22.8 Å². The van der Waals surface area contributed by atoms with Gasteiger partial charge in [0.15, 0.2) is 14.6 Å². The van der Waals surface area contributed by atoms with Gasteiger partial charge in [0.1, 0.15) is 0 Å². The minimum absolute atomic E-state index is 0.0823. The third-order valence-corrected chi connectivity index (χ3v) is 6.31. The van der Waals surface area contributed by atoms with Gasteiger partial charge in [-0.1, -0.05) is 43.9 Å². The van der Waals surface area contributed by atoms with E-state index in [1.165, 1.54) is 17.6 Å². The number of hydrogen-bond donors (Lipinski definition) is 0. The number of amides is 1. The summed E-state index contributed by atoms with van der Waals surface area (Å²) in [5.41, 5.74) is 0.787. The number of benzene rings is 1. The third-order valence-electron chi connectivity index (χ3n) is 4.16.